The third kappa shape index (κ3) is 1.30. The first kappa shape index (κ1) is 7.91. The summed E-state index contributed by atoms with van der Waals surface area (Å²) in [5.41, 5.74) is 0.575. The fourth-order valence-corrected chi connectivity index (χ4v) is 1.07. The lowest BCUT2D eigenvalue weighted by atomic mass is 10.1. The smallest absolute Gasteiger partial charge is 0.174 e. The summed E-state index contributed by atoms with van der Waals surface area (Å²) in [6.07, 6.45) is 3.80. The lowest BCUT2D eigenvalue weighted by Gasteiger charge is -1.99. The lowest BCUT2D eigenvalue weighted by Crippen LogP contribution is -1.88. The van der Waals surface area contributed by atoms with Gasteiger partial charge in [0.15, 0.2) is 18.0 Å². The molecule has 1 heterocycles. The van der Waals surface area contributed by atoms with Crippen molar-refractivity contribution in [3.63, 3.8) is 0 Å². The number of H-pyrrole nitrogens is 1. The third-order valence-corrected chi connectivity index (χ3v) is 1.69. The molecule has 0 unspecified atom stereocenters. The zero-order valence-corrected chi connectivity index (χ0v) is 6.51. The van der Waals surface area contributed by atoms with Crippen LogP contribution in [-0.2, 0) is 0 Å². The molecule has 4 heteroatoms. The molecule has 0 saturated carbocycles. The predicted octanol–water partition coefficient (Wildman–Crippen LogP) is 2.16. The van der Waals surface area contributed by atoms with E-state index in [0.29, 0.717) is 5.69 Å². The molecule has 0 amide bonds. The Bertz CT molecular complexity index is 410. The normalized spacial score (nSPS) is 10.3. The molecule has 0 atom stereocenters. The van der Waals surface area contributed by atoms with Gasteiger partial charge in [0.25, 0.3) is 0 Å². The predicted molar refractivity (Wildman–Crippen MR) is 42.8 cm³/mol. The van der Waals surface area contributed by atoms with E-state index in [0.717, 1.165) is 6.07 Å². The third-order valence-electron chi connectivity index (χ3n) is 1.69. The summed E-state index contributed by atoms with van der Waals surface area (Å²) in [5, 5.41) is 0. The van der Waals surface area contributed by atoms with Gasteiger partial charge in [0.05, 0.1) is 11.9 Å². The SMILES string of the molecule is Fc1cccc(-c2cn[c][nH]2)c1F. The quantitative estimate of drug-likeness (QED) is 0.713. The maximum Gasteiger partial charge on any atom is 0.174 e. The molecule has 0 bridgehead atoms. The van der Waals surface area contributed by atoms with Gasteiger partial charge in [-0.25, -0.2) is 13.8 Å². The minimum absolute atomic E-state index is 0.161. The molecule has 0 aliphatic carbocycles. The number of rotatable bonds is 1. The zero-order valence-electron chi connectivity index (χ0n) is 6.51. The molecule has 1 radical (unpaired) electrons. The Balaban J connectivity index is 2.59. The number of benzene rings is 1. The molecule has 2 aromatic rings. The van der Waals surface area contributed by atoms with Gasteiger partial charge in [-0.2, -0.15) is 0 Å². The molecule has 1 N–H and O–H groups in total. The van der Waals surface area contributed by atoms with E-state index in [1.54, 1.807) is 0 Å². The number of imidazole rings is 1. The molecule has 0 fully saturated rings. The van der Waals surface area contributed by atoms with Crippen molar-refractivity contribution in [1.29, 1.82) is 0 Å². The maximum atomic E-state index is 13.1. The molecular weight excluding hydrogens is 174 g/mol. The van der Waals surface area contributed by atoms with Crippen LogP contribution in [0.15, 0.2) is 24.4 Å². The number of nitrogens with zero attached hydrogens (tertiary/aromatic N) is 1. The van der Waals surface area contributed by atoms with Crippen molar-refractivity contribution in [1.82, 2.24) is 9.97 Å². The highest BCUT2D eigenvalue weighted by Gasteiger charge is 2.09. The molecule has 2 rings (SSSR count). The number of nitrogens with one attached hydrogen (secondary N) is 1. The second-order valence-corrected chi connectivity index (χ2v) is 2.51. The van der Waals surface area contributed by atoms with E-state index in [1.165, 1.54) is 18.3 Å². The zero-order chi connectivity index (χ0) is 9.26. The van der Waals surface area contributed by atoms with Crippen LogP contribution in [0.2, 0.25) is 0 Å². The van der Waals surface area contributed by atoms with Crippen molar-refractivity contribution >= 4 is 0 Å². The van der Waals surface area contributed by atoms with Gasteiger partial charge in [-0.15, -0.1) is 0 Å². The van der Waals surface area contributed by atoms with Crippen molar-refractivity contribution in [2.24, 2.45) is 0 Å². The fourth-order valence-electron chi connectivity index (χ4n) is 1.07. The summed E-state index contributed by atoms with van der Waals surface area (Å²) in [4.78, 5) is 6.18. The largest absolute Gasteiger partial charge is 0.335 e. The monoisotopic (exact) mass is 179 g/mol. The number of hydrogen-bond donors (Lipinski definition) is 1. The second-order valence-electron chi connectivity index (χ2n) is 2.51. The first-order valence-electron chi connectivity index (χ1n) is 3.64. The van der Waals surface area contributed by atoms with E-state index in [4.69, 9.17) is 0 Å². The highest BCUT2D eigenvalue weighted by molar-refractivity contribution is 5.58. The Morgan fingerprint density at radius 3 is 2.85 bits per heavy atom. The molecule has 0 aliphatic heterocycles. The standard InChI is InChI=1S/C9H5F2N2/c10-7-3-1-2-6(9(7)11)8-4-12-5-13-8/h1-4H,(H,12,13). The van der Waals surface area contributed by atoms with Gasteiger partial charge in [0, 0.05) is 5.56 Å². The minimum atomic E-state index is -0.875. The molecule has 0 spiro atoms. The molecule has 0 saturated heterocycles. The molecule has 1 aromatic heterocycles. The molecule has 65 valence electrons. The van der Waals surface area contributed by atoms with Crippen LogP contribution in [0.25, 0.3) is 11.3 Å². The van der Waals surface area contributed by atoms with E-state index >= 15 is 0 Å². The van der Waals surface area contributed by atoms with Gasteiger partial charge >= 0.3 is 0 Å². The minimum Gasteiger partial charge on any atom is -0.335 e. The summed E-state index contributed by atoms with van der Waals surface area (Å²) >= 11 is 0. The molecule has 1 aromatic carbocycles. The van der Waals surface area contributed by atoms with Crippen molar-refractivity contribution in [3.8, 4) is 11.3 Å². The van der Waals surface area contributed by atoms with Gasteiger partial charge in [-0.05, 0) is 12.1 Å². The average molecular weight is 179 g/mol. The van der Waals surface area contributed by atoms with Gasteiger partial charge in [0.1, 0.15) is 0 Å². The van der Waals surface area contributed by atoms with E-state index in [2.05, 4.69) is 16.3 Å². The highest BCUT2D eigenvalue weighted by Crippen LogP contribution is 2.21. The van der Waals surface area contributed by atoms with Gasteiger partial charge in [-0.1, -0.05) is 6.07 Å². The number of halogens is 2. The number of aromatic nitrogens is 2. The van der Waals surface area contributed by atoms with Crippen molar-refractivity contribution < 1.29 is 8.78 Å². The Kier molecular flexibility index (Phi) is 1.81. The Hall–Kier alpha value is -1.71. The van der Waals surface area contributed by atoms with Crippen LogP contribution in [0.3, 0.4) is 0 Å². The summed E-state index contributed by atoms with van der Waals surface area (Å²) < 4.78 is 25.9. The van der Waals surface area contributed by atoms with E-state index < -0.39 is 11.6 Å². The first-order chi connectivity index (χ1) is 6.29. The molecule has 2 nitrogen and oxygen atoms in total. The Morgan fingerprint density at radius 1 is 1.31 bits per heavy atom. The topological polar surface area (TPSA) is 28.7 Å². The first-order valence-corrected chi connectivity index (χ1v) is 3.64. The van der Waals surface area contributed by atoms with E-state index in [9.17, 15) is 8.78 Å². The van der Waals surface area contributed by atoms with Crippen LogP contribution in [0.5, 0.6) is 0 Å². The van der Waals surface area contributed by atoms with Crippen LogP contribution >= 0.6 is 0 Å². The van der Waals surface area contributed by atoms with Crippen LogP contribution in [0.1, 0.15) is 0 Å². The molecule has 0 aliphatic rings. The molecular formula is C9H5F2N2. The lowest BCUT2D eigenvalue weighted by molar-refractivity contribution is 0.511. The number of hydrogen-bond acceptors (Lipinski definition) is 1. The highest BCUT2D eigenvalue weighted by atomic mass is 19.2. The van der Waals surface area contributed by atoms with Crippen molar-refractivity contribution in [3.05, 3.63) is 42.4 Å². The van der Waals surface area contributed by atoms with Gasteiger partial charge < -0.3 is 4.98 Å². The van der Waals surface area contributed by atoms with Gasteiger partial charge in [0.2, 0.25) is 0 Å². The number of aromatic amines is 1. The Morgan fingerprint density at radius 2 is 2.15 bits per heavy atom. The Labute approximate surface area is 73.2 Å². The molecule has 13 heavy (non-hydrogen) atoms. The van der Waals surface area contributed by atoms with Crippen LogP contribution in [0.4, 0.5) is 8.78 Å². The second kappa shape index (κ2) is 2.97. The summed E-state index contributed by atoms with van der Waals surface area (Å²) in [7, 11) is 0. The fraction of sp³-hybridized carbons (Fsp3) is 0. The summed E-state index contributed by atoms with van der Waals surface area (Å²) in [6.45, 7) is 0. The van der Waals surface area contributed by atoms with E-state index in [-0.39, 0.29) is 5.56 Å². The summed E-state index contributed by atoms with van der Waals surface area (Å²) in [6, 6.07) is 3.98. The van der Waals surface area contributed by atoms with Crippen molar-refractivity contribution in [2.75, 3.05) is 0 Å². The van der Waals surface area contributed by atoms with E-state index in [1.807, 2.05) is 0 Å². The summed E-state index contributed by atoms with van der Waals surface area (Å²) in [5.74, 6) is -1.74. The van der Waals surface area contributed by atoms with Crippen LogP contribution < -0.4 is 0 Å². The maximum absolute atomic E-state index is 13.1. The van der Waals surface area contributed by atoms with Crippen LogP contribution in [0, 0.1) is 18.0 Å². The van der Waals surface area contributed by atoms with Gasteiger partial charge in [-0.3, -0.25) is 0 Å². The van der Waals surface area contributed by atoms with Crippen molar-refractivity contribution in [2.45, 2.75) is 0 Å². The van der Waals surface area contributed by atoms with Crippen LogP contribution in [-0.4, -0.2) is 9.97 Å². The average Bonchev–Trinajstić information content (AvgIpc) is 2.62.